The number of nitrogens with zero attached hydrogens (tertiary/aromatic N) is 3. The van der Waals surface area contributed by atoms with E-state index >= 15 is 0 Å². The maximum Gasteiger partial charge on any atom is 0.387 e. The van der Waals surface area contributed by atoms with Crippen LogP contribution >= 0.6 is 0 Å². The summed E-state index contributed by atoms with van der Waals surface area (Å²) in [6, 6.07) is 10.1. The van der Waals surface area contributed by atoms with Gasteiger partial charge in [-0.05, 0) is 43.3 Å². The van der Waals surface area contributed by atoms with Crippen molar-refractivity contribution in [3.63, 3.8) is 0 Å². The average molecular weight is 389 g/mol. The van der Waals surface area contributed by atoms with Crippen LogP contribution in [0.5, 0.6) is 11.5 Å². The first-order chi connectivity index (χ1) is 13.4. The number of pyridine rings is 1. The number of ether oxygens (including phenoxy) is 2. The minimum atomic E-state index is -2.93. The molecule has 6 nitrogen and oxygen atoms in total. The molecule has 3 aromatic rings. The van der Waals surface area contributed by atoms with Crippen molar-refractivity contribution < 1.29 is 18.3 Å². The quantitative estimate of drug-likeness (QED) is 0.621. The minimum absolute atomic E-state index is 0.0131. The monoisotopic (exact) mass is 389 g/mol. The molecule has 3 rings (SSSR count). The molecule has 0 bridgehead atoms. The normalized spacial score (nSPS) is 11.4. The Morgan fingerprint density at radius 1 is 1.14 bits per heavy atom. The predicted octanol–water partition coefficient (Wildman–Crippen LogP) is 3.24. The molecule has 8 heteroatoms. The van der Waals surface area contributed by atoms with Crippen molar-refractivity contribution in [2.45, 2.75) is 26.6 Å². The number of hydrogen-bond acceptors (Lipinski definition) is 5. The van der Waals surface area contributed by atoms with Crippen molar-refractivity contribution in [1.29, 1.82) is 0 Å². The van der Waals surface area contributed by atoms with Crippen molar-refractivity contribution >= 4 is 5.65 Å². The molecule has 2 heterocycles. The number of benzene rings is 1. The maximum atomic E-state index is 12.6. The molecule has 0 amide bonds. The first-order valence-corrected chi connectivity index (χ1v) is 8.65. The Hall–Kier alpha value is -3.00. The molecule has 148 valence electrons. The molecule has 0 aliphatic carbocycles. The number of rotatable bonds is 7. The standard InChI is InChI=1S/C20H21F2N3O3/c1-13-4-7-18-23-15(9-19(26)25(18)10-13)12-24(2)11-14-5-6-16(27-3)17(8-14)28-20(21)22/h4-10,20H,11-12H2,1-3H3. The third-order valence-corrected chi connectivity index (χ3v) is 4.19. The van der Waals surface area contributed by atoms with Gasteiger partial charge in [0.25, 0.3) is 5.56 Å². The fraction of sp³-hybridized carbons (Fsp3) is 0.300. The zero-order valence-electron chi connectivity index (χ0n) is 15.9. The summed E-state index contributed by atoms with van der Waals surface area (Å²) in [4.78, 5) is 18.8. The Bertz CT molecular complexity index is 1040. The second-order valence-electron chi connectivity index (χ2n) is 6.56. The van der Waals surface area contributed by atoms with Crippen molar-refractivity contribution in [3.05, 3.63) is 69.8 Å². The van der Waals surface area contributed by atoms with Crippen LogP contribution in [0.15, 0.2) is 47.4 Å². The van der Waals surface area contributed by atoms with Crippen LogP contribution in [-0.4, -0.2) is 35.1 Å². The molecular formula is C20H21F2N3O3. The van der Waals surface area contributed by atoms with Crippen LogP contribution in [0, 0.1) is 6.92 Å². The second kappa shape index (κ2) is 8.35. The molecule has 28 heavy (non-hydrogen) atoms. The Morgan fingerprint density at radius 2 is 1.93 bits per heavy atom. The van der Waals surface area contributed by atoms with Crippen LogP contribution in [0.3, 0.4) is 0 Å². The van der Waals surface area contributed by atoms with Gasteiger partial charge in [-0.15, -0.1) is 0 Å². The van der Waals surface area contributed by atoms with E-state index in [1.165, 1.54) is 23.6 Å². The van der Waals surface area contributed by atoms with Crippen LogP contribution < -0.4 is 15.0 Å². The van der Waals surface area contributed by atoms with Gasteiger partial charge in [-0.3, -0.25) is 14.1 Å². The largest absolute Gasteiger partial charge is 0.493 e. The van der Waals surface area contributed by atoms with Crippen LogP contribution in [0.25, 0.3) is 5.65 Å². The van der Waals surface area contributed by atoms with Crippen molar-refractivity contribution in [3.8, 4) is 11.5 Å². The average Bonchev–Trinajstić information content (AvgIpc) is 2.62. The summed E-state index contributed by atoms with van der Waals surface area (Å²) >= 11 is 0. The Balaban J connectivity index is 1.77. The van der Waals surface area contributed by atoms with Crippen molar-refractivity contribution in [2.75, 3.05) is 14.2 Å². The molecule has 0 atom stereocenters. The van der Waals surface area contributed by atoms with E-state index in [0.717, 1.165) is 11.1 Å². The summed E-state index contributed by atoms with van der Waals surface area (Å²) in [5.41, 5.74) is 2.82. The van der Waals surface area contributed by atoms with Crippen molar-refractivity contribution in [2.24, 2.45) is 0 Å². The highest BCUT2D eigenvalue weighted by Crippen LogP contribution is 2.30. The zero-order valence-corrected chi connectivity index (χ0v) is 15.9. The SMILES string of the molecule is COc1ccc(CN(C)Cc2cc(=O)n3cc(C)ccc3n2)cc1OC(F)F. The smallest absolute Gasteiger partial charge is 0.387 e. The van der Waals surface area contributed by atoms with Gasteiger partial charge >= 0.3 is 6.61 Å². The number of halogens is 2. The highest BCUT2D eigenvalue weighted by atomic mass is 19.3. The molecule has 0 aliphatic heterocycles. The van der Waals surface area contributed by atoms with Crippen LogP contribution in [0.4, 0.5) is 8.78 Å². The molecule has 1 aromatic carbocycles. The van der Waals surface area contributed by atoms with E-state index in [1.807, 2.05) is 24.9 Å². The number of aromatic nitrogens is 2. The zero-order chi connectivity index (χ0) is 20.3. The molecule has 0 N–H and O–H groups in total. The lowest BCUT2D eigenvalue weighted by Gasteiger charge is -2.18. The molecular weight excluding hydrogens is 368 g/mol. The summed E-state index contributed by atoms with van der Waals surface area (Å²) in [5, 5.41) is 0. The molecule has 2 aromatic heterocycles. The van der Waals surface area contributed by atoms with Gasteiger partial charge < -0.3 is 9.47 Å². The Kier molecular flexibility index (Phi) is 5.89. The molecule has 0 saturated carbocycles. The first-order valence-electron chi connectivity index (χ1n) is 8.65. The van der Waals surface area contributed by atoms with Gasteiger partial charge in [0.15, 0.2) is 11.5 Å². The summed E-state index contributed by atoms with van der Waals surface area (Å²) in [6.07, 6.45) is 1.75. The minimum Gasteiger partial charge on any atom is -0.493 e. The summed E-state index contributed by atoms with van der Waals surface area (Å²) in [5.74, 6) is 0.229. The van der Waals surface area contributed by atoms with Crippen LogP contribution in [-0.2, 0) is 13.1 Å². The third kappa shape index (κ3) is 4.64. The van der Waals surface area contributed by atoms with Crippen molar-refractivity contribution in [1.82, 2.24) is 14.3 Å². The predicted molar refractivity (Wildman–Crippen MR) is 101 cm³/mol. The third-order valence-electron chi connectivity index (χ3n) is 4.19. The number of fused-ring (bicyclic) bond motifs is 1. The van der Waals surface area contributed by atoms with E-state index in [-0.39, 0.29) is 17.1 Å². The van der Waals surface area contributed by atoms with E-state index in [1.54, 1.807) is 24.4 Å². The maximum absolute atomic E-state index is 12.6. The number of alkyl halides is 2. The van der Waals surface area contributed by atoms with E-state index in [0.29, 0.717) is 24.4 Å². The highest BCUT2D eigenvalue weighted by Gasteiger charge is 2.13. The first kappa shape index (κ1) is 19.8. The lowest BCUT2D eigenvalue weighted by molar-refractivity contribution is -0.0512. The highest BCUT2D eigenvalue weighted by molar-refractivity contribution is 5.43. The van der Waals surface area contributed by atoms with E-state index in [9.17, 15) is 13.6 Å². The topological polar surface area (TPSA) is 56.1 Å². The van der Waals surface area contributed by atoms with Gasteiger partial charge in [-0.25, -0.2) is 4.98 Å². The molecule has 0 saturated heterocycles. The van der Waals surface area contributed by atoms with Gasteiger partial charge in [0, 0.05) is 25.4 Å². The molecule has 0 radical (unpaired) electrons. The number of hydrogen-bond donors (Lipinski definition) is 0. The van der Waals surface area contributed by atoms with Crippen LogP contribution in [0.1, 0.15) is 16.8 Å². The van der Waals surface area contributed by atoms with Gasteiger partial charge in [0.2, 0.25) is 0 Å². The molecule has 0 aliphatic rings. The Morgan fingerprint density at radius 3 is 2.64 bits per heavy atom. The van der Waals surface area contributed by atoms with E-state index < -0.39 is 6.61 Å². The Labute approximate surface area is 161 Å². The molecule has 0 spiro atoms. The van der Waals surface area contributed by atoms with Gasteiger partial charge in [-0.2, -0.15) is 8.78 Å². The lowest BCUT2D eigenvalue weighted by Crippen LogP contribution is -2.22. The number of methoxy groups -OCH3 is 1. The molecule has 0 fully saturated rings. The summed E-state index contributed by atoms with van der Waals surface area (Å²) in [6.45, 7) is -0.135. The van der Waals surface area contributed by atoms with Crippen LogP contribution in [0.2, 0.25) is 0 Å². The number of aryl methyl sites for hydroxylation is 1. The van der Waals surface area contributed by atoms with Gasteiger partial charge in [0.05, 0.1) is 12.8 Å². The fourth-order valence-corrected chi connectivity index (χ4v) is 2.99. The summed E-state index contributed by atoms with van der Waals surface area (Å²) < 4.78 is 36.2. The molecule has 0 unspecified atom stereocenters. The lowest BCUT2D eigenvalue weighted by atomic mass is 10.2. The fourth-order valence-electron chi connectivity index (χ4n) is 2.99. The van der Waals surface area contributed by atoms with E-state index in [4.69, 9.17) is 4.74 Å². The second-order valence-corrected chi connectivity index (χ2v) is 6.56. The summed E-state index contributed by atoms with van der Waals surface area (Å²) in [7, 11) is 3.25. The van der Waals surface area contributed by atoms with E-state index in [2.05, 4.69) is 9.72 Å². The van der Waals surface area contributed by atoms with Gasteiger partial charge in [0.1, 0.15) is 5.65 Å². The van der Waals surface area contributed by atoms with Gasteiger partial charge in [-0.1, -0.05) is 12.1 Å².